The van der Waals surface area contributed by atoms with Gasteiger partial charge in [-0.15, -0.1) is 0 Å². The minimum absolute atomic E-state index is 0.211. The molecule has 1 heterocycles. The third kappa shape index (κ3) is 4.53. The Kier molecular flexibility index (Phi) is 5.61. The molecule has 3 rings (SSSR count). The van der Waals surface area contributed by atoms with Gasteiger partial charge in [-0.2, -0.15) is 0 Å². The SMILES string of the molecule is CCCN1CCC(O)(Cc2ccccc2)C(Oc2ccc(O)cc2)C1. The second-order valence-corrected chi connectivity index (χ2v) is 6.92. The summed E-state index contributed by atoms with van der Waals surface area (Å²) < 4.78 is 6.17. The minimum atomic E-state index is -0.899. The third-order valence-corrected chi connectivity index (χ3v) is 4.89. The Balaban J connectivity index is 1.79. The number of benzene rings is 2. The van der Waals surface area contributed by atoms with Crippen molar-refractivity contribution >= 4 is 0 Å². The normalized spacial score (nSPS) is 24.2. The highest BCUT2D eigenvalue weighted by Crippen LogP contribution is 2.31. The fourth-order valence-electron chi connectivity index (χ4n) is 3.52. The molecule has 1 saturated heterocycles. The van der Waals surface area contributed by atoms with Crippen LogP contribution in [0.25, 0.3) is 0 Å². The van der Waals surface area contributed by atoms with E-state index in [1.165, 1.54) is 0 Å². The van der Waals surface area contributed by atoms with E-state index in [9.17, 15) is 10.2 Å². The molecule has 0 aromatic heterocycles. The van der Waals surface area contributed by atoms with Crippen LogP contribution in [0.15, 0.2) is 54.6 Å². The molecule has 0 spiro atoms. The maximum Gasteiger partial charge on any atom is 0.140 e. The zero-order chi connectivity index (χ0) is 17.7. The second kappa shape index (κ2) is 7.89. The highest BCUT2D eigenvalue weighted by Gasteiger charge is 2.43. The van der Waals surface area contributed by atoms with Gasteiger partial charge in [-0.1, -0.05) is 37.3 Å². The smallest absolute Gasteiger partial charge is 0.140 e. The Morgan fingerprint density at radius 1 is 1.12 bits per heavy atom. The maximum absolute atomic E-state index is 11.4. The fraction of sp³-hybridized carbons (Fsp3) is 0.429. The predicted molar refractivity (Wildman–Crippen MR) is 99.0 cm³/mol. The van der Waals surface area contributed by atoms with Gasteiger partial charge < -0.3 is 14.9 Å². The first kappa shape index (κ1) is 17.8. The van der Waals surface area contributed by atoms with Crippen molar-refractivity contribution < 1.29 is 14.9 Å². The van der Waals surface area contributed by atoms with Gasteiger partial charge in [0.05, 0.1) is 0 Å². The number of phenols is 1. The number of aliphatic hydroxyl groups is 1. The Morgan fingerprint density at radius 2 is 1.84 bits per heavy atom. The van der Waals surface area contributed by atoms with Crippen molar-refractivity contribution in [3.63, 3.8) is 0 Å². The molecule has 0 bridgehead atoms. The zero-order valence-corrected chi connectivity index (χ0v) is 14.8. The molecule has 0 amide bonds. The molecule has 2 aromatic rings. The molecule has 2 unspecified atom stereocenters. The van der Waals surface area contributed by atoms with Crippen LogP contribution < -0.4 is 4.74 Å². The number of hydrogen-bond donors (Lipinski definition) is 2. The molecule has 0 radical (unpaired) electrons. The Hall–Kier alpha value is -2.04. The lowest BCUT2D eigenvalue weighted by atomic mass is 9.82. The summed E-state index contributed by atoms with van der Waals surface area (Å²) in [5.74, 6) is 0.885. The average molecular weight is 341 g/mol. The molecule has 25 heavy (non-hydrogen) atoms. The van der Waals surface area contributed by atoms with Crippen LogP contribution in [0.1, 0.15) is 25.3 Å². The Morgan fingerprint density at radius 3 is 2.52 bits per heavy atom. The first-order valence-corrected chi connectivity index (χ1v) is 9.03. The van der Waals surface area contributed by atoms with E-state index in [1.54, 1.807) is 24.3 Å². The van der Waals surface area contributed by atoms with Crippen LogP contribution in [0, 0.1) is 0 Å². The van der Waals surface area contributed by atoms with E-state index in [2.05, 4.69) is 11.8 Å². The summed E-state index contributed by atoms with van der Waals surface area (Å²) in [5, 5.41) is 20.8. The molecule has 2 atom stereocenters. The van der Waals surface area contributed by atoms with Gasteiger partial charge >= 0.3 is 0 Å². The average Bonchev–Trinajstić information content (AvgIpc) is 2.61. The van der Waals surface area contributed by atoms with E-state index in [-0.39, 0.29) is 11.9 Å². The zero-order valence-electron chi connectivity index (χ0n) is 14.8. The molecular weight excluding hydrogens is 314 g/mol. The molecule has 1 aliphatic heterocycles. The summed E-state index contributed by atoms with van der Waals surface area (Å²) in [4.78, 5) is 2.35. The van der Waals surface area contributed by atoms with Gasteiger partial charge in [0.15, 0.2) is 0 Å². The van der Waals surface area contributed by atoms with E-state index >= 15 is 0 Å². The molecule has 1 fully saturated rings. The van der Waals surface area contributed by atoms with Crippen LogP contribution in [0.2, 0.25) is 0 Å². The predicted octanol–water partition coefficient (Wildman–Crippen LogP) is 3.23. The van der Waals surface area contributed by atoms with Crippen molar-refractivity contribution in [3.05, 3.63) is 60.2 Å². The van der Waals surface area contributed by atoms with Gasteiger partial charge in [0, 0.05) is 19.5 Å². The second-order valence-electron chi connectivity index (χ2n) is 6.92. The first-order chi connectivity index (χ1) is 12.1. The van der Waals surface area contributed by atoms with Crippen molar-refractivity contribution in [1.82, 2.24) is 4.90 Å². The van der Waals surface area contributed by atoms with Crippen molar-refractivity contribution in [2.45, 2.75) is 37.9 Å². The molecule has 0 saturated carbocycles. The summed E-state index contributed by atoms with van der Waals surface area (Å²) in [7, 11) is 0. The molecule has 2 aromatic carbocycles. The van der Waals surface area contributed by atoms with Gasteiger partial charge in [0.25, 0.3) is 0 Å². The Bertz CT molecular complexity index is 659. The molecule has 4 heteroatoms. The summed E-state index contributed by atoms with van der Waals surface area (Å²) in [6.45, 7) is 4.77. The van der Waals surface area contributed by atoms with E-state index in [1.807, 2.05) is 30.3 Å². The number of likely N-dealkylation sites (tertiary alicyclic amines) is 1. The largest absolute Gasteiger partial charge is 0.508 e. The number of hydrogen-bond acceptors (Lipinski definition) is 4. The topological polar surface area (TPSA) is 52.9 Å². The number of aromatic hydroxyl groups is 1. The van der Waals surface area contributed by atoms with Crippen LogP contribution in [0.5, 0.6) is 11.5 Å². The summed E-state index contributed by atoms with van der Waals surface area (Å²) in [6, 6.07) is 16.8. The van der Waals surface area contributed by atoms with Gasteiger partial charge in [-0.05, 0) is 49.2 Å². The summed E-state index contributed by atoms with van der Waals surface area (Å²) >= 11 is 0. The van der Waals surface area contributed by atoms with Crippen molar-refractivity contribution in [2.24, 2.45) is 0 Å². The lowest BCUT2D eigenvalue weighted by Crippen LogP contribution is -2.59. The van der Waals surface area contributed by atoms with E-state index < -0.39 is 5.60 Å². The van der Waals surface area contributed by atoms with Crippen molar-refractivity contribution in [2.75, 3.05) is 19.6 Å². The summed E-state index contributed by atoms with van der Waals surface area (Å²) in [5.41, 5.74) is 0.219. The maximum atomic E-state index is 11.4. The third-order valence-electron chi connectivity index (χ3n) is 4.89. The lowest BCUT2D eigenvalue weighted by molar-refractivity contribution is -0.106. The molecule has 0 aliphatic carbocycles. The highest BCUT2D eigenvalue weighted by molar-refractivity contribution is 5.30. The molecular formula is C21H27NO3. The van der Waals surface area contributed by atoms with Crippen LogP contribution in [0.4, 0.5) is 0 Å². The number of piperidine rings is 1. The molecule has 2 N–H and O–H groups in total. The minimum Gasteiger partial charge on any atom is -0.508 e. The standard InChI is InChI=1S/C21H27NO3/c1-2-13-22-14-12-21(24,15-17-6-4-3-5-7-17)20(16-22)25-19-10-8-18(23)9-11-19/h3-11,20,23-24H,2,12-16H2,1H3. The van der Waals surface area contributed by atoms with Crippen molar-refractivity contribution in [1.29, 1.82) is 0 Å². The monoisotopic (exact) mass is 341 g/mol. The number of nitrogens with zero attached hydrogens (tertiary/aromatic N) is 1. The fourth-order valence-corrected chi connectivity index (χ4v) is 3.52. The van der Waals surface area contributed by atoms with E-state index in [0.29, 0.717) is 25.1 Å². The first-order valence-electron chi connectivity index (χ1n) is 9.03. The highest BCUT2D eigenvalue weighted by atomic mass is 16.5. The van der Waals surface area contributed by atoms with Gasteiger partial charge in [0.2, 0.25) is 0 Å². The van der Waals surface area contributed by atoms with Crippen LogP contribution >= 0.6 is 0 Å². The van der Waals surface area contributed by atoms with Crippen LogP contribution in [-0.2, 0) is 6.42 Å². The van der Waals surface area contributed by atoms with E-state index in [0.717, 1.165) is 25.1 Å². The van der Waals surface area contributed by atoms with Gasteiger partial charge in [-0.25, -0.2) is 0 Å². The van der Waals surface area contributed by atoms with E-state index in [4.69, 9.17) is 4.74 Å². The Labute approximate surface area is 149 Å². The molecule has 4 nitrogen and oxygen atoms in total. The number of phenolic OH excluding ortho intramolecular Hbond substituents is 1. The number of ether oxygens (including phenoxy) is 1. The van der Waals surface area contributed by atoms with Crippen LogP contribution in [-0.4, -0.2) is 46.5 Å². The van der Waals surface area contributed by atoms with Gasteiger partial charge in [0.1, 0.15) is 23.2 Å². The molecule has 134 valence electrons. The quantitative estimate of drug-likeness (QED) is 0.847. The van der Waals surface area contributed by atoms with Crippen LogP contribution in [0.3, 0.4) is 0 Å². The lowest BCUT2D eigenvalue weighted by Gasteiger charge is -2.44. The van der Waals surface area contributed by atoms with Crippen molar-refractivity contribution in [3.8, 4) is 11.5 Å². The molecule has 1 aliphatic rings. The number of rotatable bonds is 6. The summed E-state index contributed by atoms with van der Waals surface area (Å²) in [6.07, 6.45) is 2.04. The van der Waals surface area contributed by atoms with Gasteiger partial charge in [-0.3, -0.25) is 4.90 Å².